The lowest BCUT2D eigenvalue weighted by Crippen LogP contribution is -2.68. The van der Waals surface area contributed by atoms with Crippen LogP contribution in [0.5, 0.6) is 5.95 Å². The average Bonchev–Trinajstić information content (AvgIpc) is 2.49. The summed E-state index contributed by atoms with van der Waals surface area (Å²) in [7, 11) is 1.53. The minimum Gasteiger partial charge on any atom is -0.468 e. The zero-order valence-electron chi connectivity index (χ0n) is 15.1. The third kappa shape index (κ3) is 1.74. The van der Waals surface area contributed by atoms with Crippen molar-refractivity contribution >= 4 is 0 Å². The van der Waals surface area contributed by atoms with Gasteiger partial charge in [-0.05, 0) is 45.8 Å². The minimum atomic E-state index is -0.500. The molecule has 1 saturated carbocycles. The van der Waals surface area contributed by atoms with E-state index in [0.29, 0.717) is 17.1 Å². The van der Waals surface area contributed by atoms with E-state index in [1.54, 1.807) is 6.92 Å². The summed E-state index contributed by atoms with van der Waals surface area (Å²) in [5, 5.41) is 0. The first kappa shape index (κ1) is 15.9. The molecule has 2 aliphatic heterocycles. The first-order chi connectivity index (χ1) is 11.2. The fraction of sp³-hybridized carbons (Fsp3) is 0.632. The molecular formula is C19H24O5. The van der Waals surface area contributed by atoms with Gasteiger partial charge in [-0.3, -0.25) is 4.79 Å². The molecule has 2 aliphatic carbocycles. The van der Waals surface area contributed by atoms with Crippen molar-refractivity contribution in [1.82, 2.24) is 0 Å². The molecule has 1 aromatic heterocycles. The van der Waals surface area contributed by atoms with Crippen LogP contribution in [0.4, 0.5) is 0 Å². The number of hydrogen-bond acceptors (Lipinski definition) is 5. The van der Waals surface area contributed by atoms with Crippen molar-refractivity contribution in [3.05, 3.63) is 38.8 Å². The number of hydrogen-bond donors (Lipinski definition) is 0. The van der Waals surface area contributed by atoms with Crippen molar-refractivity contribution in [3.8, 4) is 5.95 Å². The second kappa shape index (κ2) is 4.73. The molecule has 5 atom stereocenters. The van der Waals surface area contributed by atoms with Crippen molar-refractivity contribution in [2.75, 3.05) is 7.11 Å². The van der Waals surface area contributed by atoms with E-state index in [0.717, 1.165) is 12.2 Å². The Labute approximate surface area is 141 Å². The first-order valence-electron chi connectivity index (χ1n) is 8.45. The van der Waals surface area contributed by atoms with Crippen LogP contribution in [0, 0.1) is 25.2 Å². The van der Waals surface area contributed by atoms with Gasteiger partial charge in [0.1, 0.15) is 17.5 Å². The highest BCUT2D eigenvalue weighted by atomic mass is 17.2. The van der Waals surface area contributed by atoms with Gasteiger partial charge in [0.05, 0.1) is 12.7 Å². The summed E-state index contributed by atoms with van der Waals surface area (Å²) in [5.41, 5.74) is 1.91. The maximum absolute atomic E-state index is 12.5. The zero-order chi connectivity index (χ0) is 17.4. The molecule has 1 aromatic rings. The molecule has 5 heteroatoms. The van der Waals surface area contributed by atoms with Gasteiger partial charge in [0.2, 0.25) is 0 Å². The van der Waals surface area contributed by atoms with Gasteiger partial charge < -0.3 is 9.15 Å². The van der Waals surface area contributed by atoms with Crippen LogP contribution < -0.4 is 10.2 Å². The van der Waals surface area contributed by atoms with E-state index in [2.05, 4.69) is 26.8 Å². The maximum atomic E-state index is 12.5. The van der Waals surface area contributed by atoms with E-state index < -0.39 is 5.60 Å². The SMILES string of the molecule is COc1oc([C@H]2C[C@@]3(C)[C@H]4OO[C@](C)(C=C4C)[C@@H]23)c(C)c(=O)c1C. The molecule has 0 spiro atoms. The Hall–Kier alpha value is -1.59. The van der Waals surface area contributed by atoms with Crippen LogP contribution in [-0.4, -0.2) is 18.8 Å². The van der Waals surface area contributed by atoms with Crippen molar-refractivity contribution in [3.63, 3.8) is 0 Å². The van der Waals surface area contributed by atoms with Gasteiger partial charge in [-0.1, -0.05) is 6.92 Å². The molecule has 5 nitrogen and oxygen atoms in total. The van der Waals surface area contributed by atoms with Gasteiger partial charge in [-0.15, -0.1) is 0 Å². The Morgan fingerprint density at radius 1 is 1.21 bits per heavy atom. The number of rotatable bonds is 2. The summed E-state index contributed by atoms with van der Waals surface area (Å²) in [5.74, 6) is 1.37. The third-order valence-corrected chi connectivity index (χ3v) is 6.32. The van der Waals surface area contributed by atoms with Gasteiger partial charge in [-0.2, -0.15) is 0 Å². The second-order valence-electron chi connectivity index (χ2n) is 7.96. The summed E-state index contributed by atoms with van der Waals surface area (Å²) in [6, 6.07) is 0. The number of fused-ring (bicyclic) bond motifs is 1. The lowest BCUT2D eigenvalue weighted by molar-refractivity contribution is -0.458. The second-order valence-corrected chi connectivity index (χ2v) is 7.96. The topological polar surface area (TPSA) is 57.9 Å². The minimum absolute atomic E-state index is 0.000368. The summed E-state index contributed by atoms with van der Waals surface area (Å²) in [6.45, 7) is 9.97. The van der Waals surface area contributed by atoms with Crippen molar-refractivity contribution in [2.24, 2.45) is 11.3 Å². The molecular weight excluding hydrogens is 308 g/mol. The molecule has 130 valence electrons. The zero-order valence-corrected chi connectivity index (χ0v) is 15.1. The van der Waals surface area contributed by atoms with E-state index in [1.165, 1.54) is 12.7 Å². The molecule has 0 radical (unpaired) electrons. The molecule has 2 fully saturated rings. The molecule has 24 heavy (non-hydrogen) atoms. The Morgan fingerprint density at radius 2 is 1.92 bits per heavy atom. The standard InChI is InChI=1S/C19H24O5/c1-9-7-19(5)15-12(8-18(15,4)16(9)23-24-19)14-10(2)13(20)11(3)17(21-6)22-14/h7,12,15-16H,8H2,1-6H3/t12-,15+,16+,18-,19-/m1/s1. The first-order valence-corrected chi connectivity index (χ1v) is 8.45. The molecule has 1 saturated heterocycles. The van der Waals surface area contributed by atoms with Crippen LogP contribution in [0.25, 0.3) is 0 Å². The van der Waals surface area contributed by atoms with Gasteiger partial charge in [-0.25, -0.2) is 9.78 Å². The van der Waals surface area contributed by atoms with Gasteiger partial charge in [0.25, 0.3) is 5.95 Å². The van der Waals surface area contributed by atoms with E-state index in [4.69, 9.17) is 18.9 Å². The predicted octanol–water partition coefficient (Wildman–Crippen LogP) is 3.42. The summed E-state index contributed by atoms with van der Waals surface area (Å²) >= 11 is 0. The van der Waals surface area contributed by atoms with Crippen LogP contribution in [0.2, 0.25) is 0 Å². The third-order valence-electron chi connectivity index (χ3n) is 6.32. The molecule has 0 unspecified atom stereocenters. The highest BCUT2D eigenvalue weighted by molar-refractivity contribution is 5.39. The fourth-order valence-electron chi connectivity index (χ4n) is 5.42. The van der Waals surface area contributed by atoms with Crippen molar-refractivity contribution in [1.29, 1.82) is 0 Å². The molecule has 4 aliphatic rings. The van der Waals surface area contributed by atoms with E-state index in [1.807, 2.05) is 6.92 Å². The largest absolute Gasteiger partial charge is 0.468 e. The number of ether oxygens (including phenoxy) is 1. The molecule has 2 bridgehead atoms. The van der Waals surface area contributed by atoms with E-state index in [9.17, 15) is 4.79 Å². The lowest BCUT2D eigenvalue weighted by atomic mass is 9.43. The number of methoxy groups -OCH3 is 1. The van der Waals surface area contributed by atoms with Gasteiger partial charge in [0, 0.05) is 22.8 Å². The Balaban J connectivity index is 1.82. The summed E-state index contributed by atoms with van der Waals surface area (Å²) in [6.07, 6.45) is 3.04. The molecule has 3 heterocycles. The fourth-order valence-corrected chi connectivity index (χ4v) is 5.42. The summed E-state index contributed by atoms with van der Waals surface area (Å²) in [4.78, 5) is 23.9. The normalized spacial score (nSPS) is 39.9. The molecule has 0 amide bonds. The Morgan fingerprint density at radius 3 is 2.50 bits per heavy atom. The average molecular weight is 332 g/mol. The van der Waals surface area contributed by atoms with Crippen LogP contribution in [0.1, 0.15) is 50.0 Å². The molecule has 5 rings (SSSR count). The Bertz CT molecular complexity index is 807. The Kier molecular flexibility index (Phi) is 3.14. The van der Waals surface area contributed by atoms with Crippen molar-refractivity contribution < 1.29 is 18.9 Å². The lowest BCUT2D eigenvalue weighted by Gasteiger charge is -2.66. The van der Waals surface area contributed by atoms with Crippen LogP contribution in [0.3, 0.4) is 0 Å². The smallest absolute Gasteiger partial charge is 0.291 e. The van der Waals surface area contributed by atoms with Crippen LogP contribution >= 0.6 is 0 Å². The van der Waals surface area contributed by atoms with E-state index >= 15 is 0 Å². The molecule has 0 aromatic carbocycles. The van der Waals surface area contributed by atoms with E-state index in [-0.39, 0.29) is 28.8 Å². The van der Waals surface area contributed by atoms with Gasteiger partial charge >= 0.3 is 0 Å². The van der Waals surface area contributed by atoms with Gasteiger partial charge in [0.15, 0.2) is 5.43 Å². The van der Waals surface area contributed by atoms with Crippen LogP contribution in [0.15, 0.2) is 20.9 Å². The highest BCUT2D eigenvalue weighted by Crippen LogP contribution is 2.69. The maximum Gasteiger partial charge on any atom is 0.291 e. The monoisotopic (exact) mass is 332 g/mol. The molecule has 0 N–H and O–H groups in total. The predicted molar refractivity (Wildman–Crippen MR) is 88.1 cm³/mol. The quantitative estimate of drug-likeness (QED) is 0.613. The van der Waals surface area contributed by atoms with Crippen molar-refractivity contribution in [2.45, 2.75) is 58.7 Å². The highest BCUT2D eigenvalue weighted by Gasteiger charge is 2.69. The summed E-state index contributed by atoms with van der Waals surface area (Å²) < 4.78 is 11.3. The van der Waals surface area contributed by atoms with Crippen LogP contribution in [-0.2, 0) is 9.78 Å².